The van der Waals surface area contributed by atoms with Crippen LogP contribution in [0.5, 0.6) is 5.75 Å². The van der Waals surface area contributed by atoms with Gasteiger partial charge >= 0.3 is 0 Å². The van der Waals surface area contributed by atoms with Crippen molar-refractivity contribution >= 4 is 17.3 Å². The van der Waals surface area contributed by atoms with E-state index in [2.05, 4.69) is 24.5 Å². The number of amides is 1. The van der Waals surface area contributed by atoms with Crippen LogP contribution in [0.3, 0.4) is 0 Å². The molecule has 5 heteroatoms. The molecule has 0 radical (unpaired) electrons. The lowest BCUT2D eigenvalue weighted by Crippen LogP contribution is -2.28. The molecule has 1 aromatic carbocycles. The molecule has 0 aromatic heterocycles. The van der Waals surface area contributed by atoms with Gasteiger partial charge in [-0.3, -0.25) is 4.79 Å². The second-order valence-corrected chi connectivity index (χ2v) is 5.44. The summed E-state index contributed by atoms with van der Waals surface area (Å²) in [6.07, 6.45) is 1.36. The van der Waals surface area contributed by atoms with E-state index < -0.39 is 0 Å². The molecule has 1 amide bonds. The molecule has 0 bridgehead atoms. The maximum atomic E-state index is 11.6. The predicted octanol–water partition coefficient (Wildman–Crippen LogP) is 2.63. The van der Waals surface area contributed by atoms with Crippen LogP contribution in [0.15, 0.2) is 18.2 Å². The summed E-state index contributed by atoms with van der Waals surface area (Å²) < 4.78 is 5.57. The smallest absolute Gasteiger partial charge is 0.221 e. The van der Waals surface area contributed by atoms with Crippen LogP contribution in [-0.4, -0.2) is 25.6 Å². The highest BCUT2D eigenvalue weighted by Crippen LogP contribution is 2.29. The van der Waals surface area contributed by atoms with Crippen LogP contribution in [0, 0.1) is 5.92 Å². The van der Waals surface area contributed by atoms with Gasteiger partial charge in [-0.1, -0.05) is 26.8 Å². The third-order valence-electron chi connectivity index (χ3n) is 2.90. The first-order valence-electron chi connectivity index (χ1n) is 7.56. The van der Waals surface area contributed by atoms with Gasteiger partial charge in [-0.25, -0.2) is 0 Å². The van der Waals surface area contributed by atoms with Gasteiger partial charge in [0.05, 0.1) is 18.0 Å². The van der Waals surface area contributed by atoms with E-state index in [4.69, 9.17) is 10.5 Å². The molecular weight excluding hydrogens is 266 g/mol. The van der Waals surface area contributed by atoms with E-state index >= 15 is 0 Å². The summed E-state index contributed by atoms with van der Waals surface area (Å²) in [6, 6.07) is 5.63. The molecule has 0 unspecified atom stereocenters. The number of hydrogen-bond acceptors (Lipinski definition) is 4. The number of ether oxygens (including phenoxy) is 1. The zero-order valence-corrected chi connectivity index (χ0v) is 13.2. The average molecular weight is 293 g/mol. The van der Waals surface area contributed by atoms with E-state index in [0.29, 0.717) is 43.5 Å². The first kappa shape index (κ1) is 17.1. The van der Waals surface area contributed by atoms with Crippen LogP contribution >= 0.6 is 0 Å². The lowest BCUT2D eigenvalue weighted by atomic mass is 10.2. The van der Waals surface area contributed by atoms with Gasteiger partial charge in [-0.05, 0) is 24.5 Å². The fourth-order valence-corrected chi connectivity index (χ4v) is 1.75. The number of anilines is 2. The van der Waals surface area contributed by atoms with Crippen molar-refractivity contribution in [3.05, 3.63) is 18.2 Å². The minimum absolute atomic E-state index is 0.0492. The highest BCUT2D eigenvalue weighted by atomic mass is 16.5. The summed E-state index contributed by atoms with van der Waals surface area (Å²) in [6.45, 7) is 8.09. The first-order chi connectivity index (χ1) is 10.0. The molecule has 1 aromatic rings. The number of nitrogen functional groups attached to an aromatic ring is 1. The Balaban J connectivity index is 2.43. The topological polar surface area (TPSA) is 76.4 Å². The van der Waals surface area contributed by atoms with E-state index in [1.165, 1.54) is 0 Å². The quantitative estimate of drug-likeness (QED) is 0.612. The summed E-state index contributed by atoms with van der Waals surface area (Å²) in [5.41, 5.74) is 7.45. The number of hydrogen-bond donors (Lipinski definition) is 3. The summed E-state index contributed by atoms with van der Waals surface area (Å²) in [7, 11) is 0. The molecule has 0 saturated carbocycles. The van der Waals surface area contributed by atoms with Crippen molar-refractivity contribution in [2.45, 2.75) is 33.6 Å². The minimum Gasteiger partial charge on any atom is -0.491 e. The Kier molecular flexibility index (Phi) is 7.43. The van der Waals surface area contributed by atoms with Gasteiger partial charge < -0.3 is 21.1 Å². The lowest BCUT2D eigenvalue weighted by molar-refractivity contribution is -0.120. The number of carbonyl (C=O) groups is 1. The van der Waals surface area contributed by atoms with E-state index in [9.17, 15) is 4.79 Å². The number of carbonyl (C=O) groups excluding carboxylic acids is 1. The maximum Gasteiger partial charge on any atom is 0.221 e. The number of nitrogens with two attached hydrogens (primary N) is 1. The zero-order chi connectivity index (χ0) is 15.7. The Labute approximate surface area is 127 Å². The molecule has 0 atom stereocenters. The molecule has 0 fully saturated rings. The van der Waals surface area contributed by atoms with Crippen LogP contribution in [-0.2, 0) is 4.79 Å². The Bertz CT molecular complexity index is 447. The van der Waals surface area contributed by atoms with E-state index in [0.717, 1.165) is 12.1 Å². The van der Waals surface area contributed by atoms with Gasteiger partial charge in [-0.2, -0.15) is 0 Å². The molecular formula is C16H27N3O2. The largest absolute Gasteiger partial charge is 0.491 e. The zero-order valence-electron chi connectivity index (χ0n) is 13.2. The Morgan fingerprint density at radius 1 is 1.38 bits per heavy atom. The fourth-order valence-electron chi connectivity index (χ4n) is 1.75. The SMILES string of the molecule is CCCOc1cccc(NCCC(=O)NCC(C)C)c1N. The summed E-state index contributed by atoms with van der Waals surface area (Å²) >= 11 is 0. The van der Waals surface area contributed by atoms with E-state index in [1.54, 1.807) is 0 Å². The lowest BCUT2D eigenvalue weighted by Gasteiger charge is -2.13. The third kappa shape index (κ3) is 6.38. The monoisotopic (exact) mass is 293 g/mol. The Morgan fingerprint density at radius 3 is 2.81 bits per heavy atom. The third-order valence-corrected chi connectivity index (χ3v) is 2.90. The van der Waals surface area contributed by atoms with Crippen molar-refractivity contribution < 1.29 is 9.53 Å². The van der Waals surface area contributed by atoms with Crippen LogP contribution < -0.4 is 21.1 Å². The van der Waals surface area contributed by atoms with Crippen molar-refractivity contribution in [3.8, 4) is 5.75 Å². The van der Waals surface area contributed by atoms with Crippen molar-refractivity contribution in [1.29, 1.82) is 0 Å². The van der Waals surface area contributed by atoms with Crippen LogP contribution in [0.2, 0.25) is 0 Å². The average Bonchev–Trinajstić information content (AvgIpc) is 2.45. The molecule has 4 N–H and O–H groups in total. The van der Waals surface area contributed by atoms with Crippen LogP contribution in [0.4, 0.5) is 11.4 Å². The molecule has 118 valence electrons. The van der Waals surface area contributed by atoms with E-state index in [1.807, 2.05) is 25.1 Å². The Morgan fingerprint density at radius 2 is 2.14 bits per heavy atom. The molecule has 0 saturated heterocycles. The van der Waals surface area contributed by atoms with Gasteiger partial charge in [0.15, 0.2) is 0 Å². The highest BCUT2D eigenvalue weighted by Gasteiger charge is 2.07. The predicted molar refractivity (Wildman–Crippen MR) is 87.6 cm³/mol. The first-order valence-corrected chi connectivity index (χ1v) is 7.56. The molecule has 0 aliphatic heterocycles. The van der Waals surface area contributed by atoms with Crippen molar-refractivity contribution in [1.82, 2.24) is 5.32 Å². The standard InChI is InChI=1S/C16H27N3O2/c1-4-10-21-14-7-5-6-13(16(14)17)18-9-8-15(20)19-11-12(2)3/h5-7,12,18H,4,8-11,17H2,1-3H3,(H,19,20). The van der Waals surface area contributed by atoms with Gasteiger partial charge in [0, 0.05) is 19.5 Å². The Hall–Kier alpha value is -1.91. The van der Waals surface area contributed by atoms with Crippen molar-refractivity contribution in [2.75, 3.05) is 30.7 Å². The molecule has 0 heterocycles. The molecule has 0 spiro atoms. The van der Waals surface area contributed by atoms with Crippen LogP contribution in [0.25, 0.3) is 0 Å². The van der Waals surface area contributed by atoms with Gasteiger partial charge in [0.25, 0.3) is 0 Å². The summed E-state index contributed by atoms with van der Waals surface area (Å²) in [5.74, 6) is 1.20. The van der Waals surface area contributed by atoms with E-state index in [-0.39, 0.29) is 5.91 Å². The maximum absolute atomic E-state index is 11.6. The minimum atomic E-state index is 0.0492. The number of rotatable bonds is 9. The fraction of sp³-hybridized carbons (Fsp3) is 0.562. The molecule has 0 aliphatic rings. The van der Waals surface area contributed by atoms with Crippen LogP contribution in [0.1, 0.15) is 33.6 Å². The number of nitrogens with one attached hydrogen (secondary N) is 2. The van der Waals surface area contributed by atoms with Crippen molar-refractivity contribution in [3.63, 3.8) is 0 Å². The second kappa shape index (κ2) is 9.10. The molecule has 21 heavy (non-hydrogen) atoms. The molecule has 0 aliphatic carbocycles. The van der Waals surface area contributed by atoms with Crippen molar-refractivity contribution in [2.24, 2.45) is 5.92 Å². The number of para-hydroxylation sites is 1. The number of benzene rings is 1. The molecule has 1 rings (SSSR count). The van der Waals surface area contributed by atoms with Gasteiger partial charge in [0.2, 0.25) is 5.91 Å². The second-order valence-electron chi connectivity index (χ2n) is 5.44. The highest BCUT2D eigenvalue weighted by molar-refractivity contribution is 5.77. The summed E-state index contributed by atoms with van der Waals surface area (Å²) in [4.78, 5) is 11.6. The summed E-state index contributed by atoms with van der Waals surface area (Å²) in [5, 5.41) is 6.07. The van der Waals surface area contributed by atoms with Gasteiger partial charge in [0.1, 0.15) is 5.75 Å². The molecule has 5 nitrogen and oxygen atoms in total. The van der Waals surface area contributed by atoms with Gasteiger partial charge in [-0.15, -0.1) is 0 Å². The normalized spacial score (nSPS) is 10.5.